The lowest BCUT2D eigenvalue weighted by molar-refractivity contribution is -0.0390. The number of hydrogen-bond donors (Lipinski definition) is 1. The number of aryl methyl sites for hydroxylation is 1. The molecule has 18 heavy (non-hydrogen) atoms. The number of anilines is 1. The van der Waals surface area contributed by atoms with E-state index in [-0.39, 0.29) is 6.23 Å². The smallest absolute Gasteiger partial charge is 0.150 e. The van der Waals surface area contributed by atoms with Gasteiger partial charge in [0.2, 0.25) is 0 Å². The van der Waals surface area contributed by atoms with Crippen molar-refractivity contribution in [1.29, 1.82) is 0 Å². The number of rotatable bonds is 2. The second kappa shape index (κ2) is 4.61. The first-order valence-corrected chi connectivity index (χ1v) is 6.67. The van der Waals surface area contributed by atoms with Gasteiger partial charge in [-0.15, -0.1) is 0 Å². The molecule has 1 aliphatic rings. The Balaban J connectivity index is 2.04. The van der Waals surface area contributed by atoms with E-state index in [0.29, 0.717) is 0 Å². The topological polar surface area (TPSA) is 53.1 Å². The van der Waals surface area contributed by atoms with Crippen LogP contribution in [0.25, 0.3) is 10.9 Å². The van der Waals surface area contributed by atoms with Gasteiger partial charge in [0, 0.05) is 23.9 Å². The Morgan fingerprint density at radius 3 is 3.06 bits per heavy atom. The molecule has 1 unspecified atom stereocenters. The zero-order valence-corrected chi connectivity index (χ0v) is 10.7. The van der Waals surface area contributed by atoms with E-state index in [1.807, 2.05) is 16.8 Å². The molecule has 0 amide bonds. The van der Waals surface area contributed by atoms with Crippen molar-refractivity contribution >= 4 is 16.6 Å². The molecule has 4 heteroatoms. The third kappa shape index (κ3) is 1.86. The highest BCUT2D eigenvalue weighted by atomic mass is 16.5. The lowest BCUT2D eigenvalue weighted by Crippen LogP contribution is -2.18. The fourth-order valence-corrected chi connectivity index (χ4v) is 2.66. The van der Waals surface area contributed by atoms with E-state index in [1.54, 1.807) is 0 Å². The lowest BCUT2D eigenvalue weighted by Gasteiger charge is -2.22. The Morgan fingerprint density at radius 1 is 1.44 bits per heavy atom. The van der Waals surface area contributed by atoms with Gasteiger partial charge in [-0.05, 0) is 43.4 Å². The highest BCUT2D eigenvalue weighted by molar-refractivity contribution is 5.86. The molecule has 0 bridgehead atoms. The maximum Gasteiger partial charge on any atom is 0.150 e. The molecule has 1 fully saturated rings. The molecule has 96 valence electrons. The van der Waals surface area contributed by atoms with Crippen LogP contribution in [0.15, 0.2) is 18.3 Å². The maximum atomic E-state index is 6.02. The summed E-state index contributed by atoms with van der Waals surface area (Å²) in [5.74, 6) is 0. The minimum absolute atomic E-state index is 0.0945. The van der Waals surface area contributed by atoms with E-state index in [9.17, 15) is 0 Å². The number of hydrogen-bond acceptors (Lipinski definition) is 3. The van der Waals surface area contributed by atoms with Gasteiger partial charge in [-0.25, -0.2) is 4.68 Å². The Labute approximate surface area is 107 Å². The molecule has 1 aromatic heterocycles. The molecule has 0 aliphatic carbocycles. The van der Waals surface area contributed by atoms with Crippen LogP contribution in [0.5, 0.6) is 0 Å². The molecule has 0 saturated carbocycles. The number of nitrogen functional groups attached to an aromatic ring is 1. The third-order valence-corrected chi connectivity index (χ3v) is 3.66. The lowest BCUT2D eigenvalue weighted by atomic mass is 10.1. The second-order valence-electron chi connectivity index (χ2n) is 4.85. The van der Waals surface area contributed by atoms with Gasteiger partial charge in [0.05, 0.1) is 5.52 Å². The van der Waals surface area contributed by atoms with E-state index in [1.165, 1.54) is 12.0 Å². The Morgan fingerprint density at radius 2 is 2.33 bits per heavy atom. The predicted molar refractivity (Wildman–Crippen MR) is 72.4 cm³/mol. The van der Waals surface area contributed by atoms with Crippen molar-refractivity contribution in [3.05, 3.63) is 23.9 Å². The van der Waals surface area contributed by atoms with Crippen molar-refractivity contribution in [3.63, 3.8) is 0 Å². The number of nitrogens with two attached hydrogens (primary N) is 1. The molecule has 0 spiro atoms. The highest BCUT2D eigenvalue weighted by Gasteiger charge is 2.18. The molecule has 1 aliphatic heterocycles. The van der Waals surface area contributed by atoms with Crippen molar-refractivity contribution in [2.24, 2.45) is 0 Å². The van der Waals surface area contributed by atoms with Gasteiger partial charge >= 0.3 is 0 Å². The van der Waals surface area contributed by atoms with Gasteiger partial charge in [-0.3, -0.25) is 0 Å². The summed E-state index contributed by atoms with van der Waals surface area (Å²) in [5, 5.41) is 5.78. The monoisotopic (exact) mass is 245 g/mol. The van der Waals surface area contributed by atoms with Crippen molar-refractivity contribution < 1.29 is 4.74 Å². The van der Waals surface area contributed by atoms with Crippen LogP contribution >= 0.6 is 0 Å². The fraction of sp³-hybridized carbons (Fsp3) is 0.500. The van der Waals surface area contributed by atoms with Crippen molar-refractivity contribution in [1.82, 2.24) is 9.78 Å². The minimum Gasteiger partial charge on any atom is -0.398 e. The SMILES string of the molecule is CCc1c(N)ccc2nn(C3CCCCO3)cc12. The van der Waals surface area contributed by atoms with Crippen LogP contribution in [0.4, 0.5) is 5.69 Å². The van der Waals surface area contributed by atoms with Crippen LogP contribution < -0.4 is 5.73 Å². The number of nitrogens with zero attached hydrogens (tertiary/aromatic N) is 2. The summed E-state index contributed by atoms with van der Waals surface area (Å²) in [7, 11) is 0. The van der Waals surface area contributed by atoms with Crippen molar-refractivity contribution in [2.75, 3.05) is 12.3 Å². The standard InChI is InChI=1S/C14H19N3O/c1-2-10-11-9-17(14-5-3-4-8-18-14)16-13(11)7-6-12(10)15/h6-7,9,14H,2-5,8,15H2,1H3. The van der Waals surface area contributed by atoms with Crippen LogP contribution in [0.3, 0.4) is 0 Å². The first-order chi connectivity index (χ1) is 8.79. The van der Waals surface area contributed by atoms with Gasteiger partial charge in [0.25, 0.3) is 0 Å². The molecule has 2 aromatic rings. The summed E-state index contributed by atoms with van der Waals surface area (Å²) in [6.07, 6.45) is 6.53. The van der Waals surface area contributed by atoms with E-state index in [2.05, 4.69) is 18.2 Å². The van der Waals surface area contributed by atoms with Gasteiger partial charge in [-0.2, -0.15) is 5.10 Å². The first kappa shape index (κ1) is 11.5. The molecular formula is C14H19N3O. The van der Waals surface area contributed by atoms with Crippen LogP contribution in [-0.2, 0) is 11.2 Å². The summed E-state index contributed by atoms with van der Waals surface area (Å²) in [5.41, 5.74) is 9.07. The summed E-state index contributed by atoms with van der Waals surface area (Å²) >= 11 is 0. The summed E-state index contributed by atoms with van der Waals surface area (Å²) in [6, 6.07) is 3.93. The van der Waals surface area contributed by atoms with Crippen LogP contribution in [0.2, 0.25) is 0 Å². The fourth-order valence-electron chi connectivity index (χ4n) is 2.66. The molecule has 1 saturated heterocycles. The number of fused-ring (bicyclic) bond motifs is 1. The average Bonchev–Trinajstić information content (AvgIpc) is 2.84. The van der Waals surface area contributed by atoms with Gasteiger partial charge in [-0.1, -0.05) is 6.92 Å². The molecule has 3 rings (SSSR count). The van der Waals surface area contributed by atoms with Crippen molar-refractivity contribution in [2.45, 2.75) is 38.8 Å². The third-order valence-electron chi connectivity index (χ3n) is 3.66. The van der Waals surface area contributed by atoms with E-state index in [4.69, 9.17) is 10.5 Å². The Hall–Kier alpha value is -1.55. The molecule has 1 atom stereocenters. The predicted octanol–water partition coefficient (Wildman–Crippen LogP) is 2.88. The Kier molecular flexibility index (Phi) is 2.96. The molecule has 2 heterocycles. The maximum absolute atomic E-state index is 6.02. The second-order valence-corrected chi connectivity index (χ2v) is 4.85. The number of aromatic nitrogens is 2. The van der Waals surface area contributed by atoms with Gasteiger partial charge < -0.3 is 10.5 Å². The van der Waals surface area contributed by atoms with Gasteiger partial charge in [0.15, 0.2) is 0 Å². The zero-order valence-electron chi connectivity index (χ0n) is 10.7. The first-order valence-electron chi connectivity index (χ1n) is 6.67. The zero-order chi connectivity index (χ0) is 12.5. The summed E-state index contributed by atoms with van der Waals surface area (Å²) < 4.78 is 7.73. The minimum atomic E-state index is 0.0945. The normalized spacial score (nSPS) is 20.4. The molecule has 0 radical (unpaired) electrons. The molecular weight excluding hydrogens is 226 g/mol. The van der Waals surface area contributed by atoms with Crippen LogP contribution in [-0.4, -0.2) is 16.4 Å². The van der Waals surface area contributed by atoms with Crippen molar-refractivity contribution in [3.8, 4) is 0 Å². The van der Waals surface area contributed by atoms with E-state index in [0.717, 1.165) is 42.5 Å². The molecule has 4 nitrogen and oxygen atoms in total. The number of benzene rings is 1. The summed E-state index contributed by atoms with van der Waals surface area (Å²) in [4.78, 5) is 0. The van der Waals surface area contributed by atoms with Gasteiger partial charge in [0.1, 0.15) is 6.23 Å². The Bertz CT molecular complexity index is 555. The number of ether oxygens (including phenoxy) is 1. The average molecular weight is 245 g/mol. The summed E-state index contributed by atoms with van der Waals surface area (Å²) in [6.45, 7) is 2.96. The highest BCUT2D eigenvalue weighted by Crippen LogP contribution is 2.28. The van der Waals surface area contributed by atoms with E-state index >= 15 is 0 Å². The van der Waals surface area contributed by atoms with E-state index < -0.39 is 0 Å². The van der Waals surface area contributed by atoms with Crippen LogP contribution in [0, 0.1) is 0 Å². The largest absolute Gasteiger partial charge is 0.398 e. The quantitative estimate of drug-likeness (QED) is 0.828. The molecule has 1 aromatic carbocycles. The molecule has 2 N–H and O–H groups in total. The van der Waals surface area contributed by atoms with Crippen LogP contribution in [0.1, 0.15) is 38.0 Å².